The summed E-state index contributed by atoms with van der Waals surface area (Å²) >= 11 is 0. The van der Waals surface area contributed by atoms with Crippen molar-refractivity contribution >= 4 is 0 Å². The number of aryl methyl sites for hydroxylation is 1. The molecule has 0 unspecified atom stereocenters. The number of ether oxygens (including phenoxy) is 3. The van der Waals surface area contributed by atoms with Crippen LogP contribution in [0.4, 0.5) is 0 Å². The summed E-state index contributed by atoms with van der Waals surface area (Å²) in [7, 11) is 5.56. The normalized spacial score (nSPS) is 15.4. The van der Waals surface area contributed by atoms with Gasteiger partial charge in [-0.15, -0.1) is 0 Å². The number of methoxy groups -OCH3 is 2. The Hall–Kier alpha value is -2.24. The van der Waals surface area contributed by atoms with E-state index in [-0.39, 0.29) is 0 Å². The third-order valence-corrected chi connectivity index (χ3v) is 5.32. The highest BCUT2D eigenvalue weighted by Crippen LogP contribution is 2.29. The maximum atomic E-state index is 5.97. The van der Waals surface area contributed by atoms with Crippen LogP contribution in [0.2, 0.25) is 0 Å². The van der Waals surface area contributed by atoms with Crippen LogP contribution in [0.15, 0.2) is 42.5 Å². The van der Waals surface area contributed by atoms with E-state index in [0.717, 1.165) is 35.8 Å². The van der Waals surface area contributed by atoms with E-state index in [2.05, 4.69) is 29.0 Å². The van der Waals surface area contributed by atoms with Gasteiger partial charge in [-0.05, 0) is 61.8 Å². The van der Waals surface area contributed by atoms with Crippen molar-refractivity contribution in [1.82, 2.24) is 9.80 Å². The number of benzene rings is 2. The van der Waals surface area contributed by atoms with Crippen molar-refractivity contribution in [3.05, 3.63) is 53.6 Å². The van der Waals surface area contributed by atoms with E-state index >= 15 is 0 Å². The third kappa shape index (κ3) is 5.88. The van der Waals surface area contributed by atoms with Crippen molar-refractivity contribution < 1.29 is 14.2 Å². The number of piperazine rings is 1. The molecule has 1 saturated heterocycles. The first kappa shape index (κ1) is 20.5. The fourth-order valence-corrected chi connectivity index (χ4v) is 3.45. The molecule has 1 aliphatic heterocycles. The zero-order valence-electron chi connectivity index (χ0n) is 17.3. The lowest BCUT2D eigenvalue weighted by Gasteiger charge is -2.32. The Labute approximate surface area is 168 Å². The lowest BCUT2D eigenvalue weighted by atomic mass is 10.1. The largest absolute Gasteiger partial charge is 0.497 e. The Balaban J connectivity index is 1.49. The van der Waals surface area contributed by atoms with Crippen LogP contribution in [0, 0.1) is 0 Å². The Morgan fingerprint density at radius 2 is 1.54 bits per heavy atom. The molecule has 2 aromatic carbocycles. The minimum absolute atomic E-state index is 0.503. The molecule has 2 aromatic rings. The summed E-state index contributed by atoms with van der Waals surface area (Å²) in [5, 5.41) is 0. The van der Waals surface area contributed by atoms with Crippen LogP contribution in [0.1, 0.15) is 17.5 Å². The van der Waals surface area contributed by atoms with Crippen LogP contribution < -0.4 is 14.2 Å². The van der Waals surface area contributed by atoms with Gasteiger partial charge in [0.2, 0.25) is 0 Å². The molecule has 1 heterocycles. The molecule has 1 aliphatic rings. The first-order valence-electron chi connectivity index (χ1n) is 10.0. The number of hydrogen-bond donors (Lipinski definition) is 0. The molecule has 0 saturated carbocycles. The maximum Gasteiger partial charge on any atom is 0.161 e. The molecule has 0 atom stereocenters. The fraction of sp³-hybridized carbons (Fsp3) is 0.478. The topological polar surface area (TPSA) is 34.2 Å². The van der Waals surface area contributed by atoms with Crippen LogP contribution in [0.5, 0.6) is 17.2 Å². The summed E-state index contributed by atoms with van der Waals surface area (Å²) in [6, 6.07) is 14.2. The maximum absolute atomic E-state index is 5.97. The van der Waals surface area contributed by atoms with Gasteiger partial charge in [-0.1, -0.05) is 18.2 Å². The van der Waals surface area contributed by atoms with E-state index in [1.165, 1.54) is 38.2 Å². The van der Waals surface area contributed by atoms with Crippen molar-refractivity contribution in [2.24, 2.45) is 0 Å². The minimum atomic E-state index is 0.503. The van der Waals surface area contributed by atoms with Gasteiger partial charge in [-0.25, -0.2) is 0 Å². The monoisotopic (exact) mass is 384 g/mol. The predicted octanol–water partition coefficient (Wildman–Crippen LogP) is 3.46. The number of rotatable bonds is 9. The van der Waals surface area contributed by atoms with E-state index in [0.29, 0.717) is 6.61 Å². The highest BCUT2D eigenvalue weighted by molar-refractivity contribution is 5.43. The van der Waals surface area contributed by atoms with E-state index in [4.69, 9.17) is 14.2 Å². The van der Waals surface area contributed by atoms with E-state index in [9.17, 15) is 0 Å². The number of hydrogen-bond acceptors (Lipinski definition) is 5. The first-order valence-corrected chi connectivity index (χ1v) is 10.0. The van der Waals surface area contributed by atoms with Gasteiger partial charge in [0.25, 0.3) is 0 Å². The molecule has 0 aliphatic carbocycles. The van der Waals surface area contributed by atoms with Gasteiger partial charge < -0.3 is 24.0 Å². The summed E-state index contributed by atoms with van der Waals surface area (Å²) in [6.07, 6.45) is 2.22. The van der Waals surface area contributed by atoms with Crippen LogP contribution in [0.25, 0.3) is 0 Å². The highest BCUT2D eigenvalue weighted by atomic mass is 16.5. The fourth-order valence-electron chi connectivity index (χ4n) is 3.45. The average molecular weight is 385 g/mol. The van der Waals surface area contributed by atoms with Crippen LogP contribution >= 0.6 is 0 Å². The standard InChI is InChI=1S/C23H32N2O3/c1-24-13-15-25(16-14-24)12-4-5-19-8-11-22(23(17-19)27-3)28-18-20-6-9-21(26-2)10-7-20/h6-11,17H,4-5,12-16,18H2,1-3H3. The van der Waals surface area contributed by atoms with Gasteiger partial charge in [0.1, 0.15) is 12.4 Å². The van der Waals surface area contributed by atoms with Crippen molar-refractivity contribution in [2.75, 3.05) is 54.0 Å². The van der Waals surface area contributed by atoms with Crippen molar-refractivity contribution in [2.45, 2.75) is 19.4 Å². The summed E-state index contributed by atoms with van der Waals surface area (Å²) < 4.78 is 16.7. The molecular formula is C23H32N2O3. The second-order valence-electron chi connectivity index (χ2n) is 7.37. The SMILES string of the molecule is COc1ccc(COc2ccc(CCCN3CCN(C)CC3)cc2OC)cc1. The third-order valence-electron chi connectivity index (χ3n) is 5.32. The summed E-state index contributed by atoms with van der Waals surface area (Å²) in [4.78, 5) is 4.95. The first-order chi connectivity index (χ1) is 13.7. The molecule has 0 amide bonds. The summed E-state index contributed by atoms with van der Waals surface area (Å²) in [5.41, 5.74) is 2.39. The van der Waals surface area contributed by atoms with Crippen molar-refractivity contribution in [1.29, 1.82) is 0 Å². The zero-order valence-corrected chi connectivity index (χ0v) is 17.3. The Morgan fingerprint density at radius 3 is 2.21 bits per heavy atom. The molecule has 0 N–H and O–H groups in total. The molecule has 5 nitrogen and oxygen atoms in total. The van der Waals surface area contributed by atoms with Crippen LogP contribution in [-0.4, -0.2) is 63.8 Å². The average Bonchev–Trinajstić information content (AvgIpc) is 2.74. The van der Waals surface area contributed by atoms with Crippen molar-refractivity contribution in [3.63, 3.8) is 0 Å². The predicted molar refractivity (Wildman–Crippen MR) is 113 cm³/mol. The number of nitrogens with zero attached hydrogens (tertiary/aromatic N) is 2. The highest BCUT2D eigenvalue weighted by Gasteiger charge is 2.13. The second-order valence-corrected chi connectivity index (χ2v) is 7.37. The Bertz CT molecular complexity index is 725. The van der Waals surface area contributed by atoms with Crippen molar-refractivity contribution in [3.8, 4) is 17.2 Å². The van der Waals surface area contributed by atoms with Gasteiger partial charge in [0.05, 0.1) is 14.2 Å². The molecule has 152 valence electrons. The van der Waals surface area contributed by atoms with Gasteiger partial charge in [-0.3, -0.25) is 0 Å². The molecule has 0 aromatic heterocycles. The second kappa shape index (κ2) is 10.3. The number of likely N-dealkylation sites (N-methyl/N-ethyl adjacent to an activating group) is 1. The van der Waals surface area contributed by atoms with Gasteiger partial charge in [0, 0.05) is 26.2 Å². The van der Waals surface area contributed by atoms with E-state index < -0.39 is 0 Å². The molecule has 0 radical (unpaired) electrons. The molecular weight excluding hydrogens is 352 g/mol. The van der Waals surface area contributed by atoms with Gasteiger partial charge in [0.15, 0.2) is 11.5 Å². The molecule has 3 rings (SSSR count). The summed E-state index contributed by atoms with van der Waals surface area (Å²) in [5.74, 6) is 2.43. The van der Waals surface area contributed by atoms with Crippen LogP contribution in [0.3, 0.4) is 0 Å². The lowest BCUT2D eigenvalue weighted by Crippen LogP contribution is -2.44. The smallest absolute Gasteiger partial charge is 0.161 e. The minimum Gasteiger partial charge on any atom is -0.497 e. The molecule has 5 heteroatoms. The lowest BCUT2D eigenvalue weighted by molar-refractivity contribution is 0.153. The van der Waals surface area contributed by atoms with E-state index in [1.807, 2.05) is 30.3 Å². The molecule has 28 heavy (non-hydrogen) atoms. The van der Waals surface area contributed by atoms with E-state index in [1.54, 1.807) is 14.2 Å². The summed E-state index contributed by atoms with van der Waals surface area (Å²) in [6.45, 7) is 6.37. The molecule has 0 spiro atoms. The molecule has 0 bridgehead atoms. The Morgan fingerprint density at radius 1 is 0.821 bits per heavy atom. The quantitative estimate of drug-likeness (QED) is 0.661. The van der Waals surface area contributed by atoms with Crippen LogP contribution in [-0.2, 0) is 13.0 Å². The van der Waals surface area contributed by atoms with Gasteiger partial charge in [-0.2, -0.15) is 0 Å². The Kier molecular flexibility index (Phi) is 7.57. The molecule has 1 fully saturated rings. The zero-order chi connectivity index (χ0) is 19.8. The van der Waals surface area contributed by atoms with Gasteiger partial charge >= 0.3 is 0 Å².